The molecule has 21 heavy (non-hydrogen) atoms. The number of nitrogens with zero attached hydrogens (tertiary/aromatic N) is 4. The zero-order chi connectivity index (χ0) is 14.9. The van der Waals surface area contributed by atoms with E-state index in [4.69, 9.17) is 5.11 Å². The van der Waals surface area contributed by atoms with Gasteiger partial charge in [-0.3, -0.25) is 0 Å². The third-order valence-corrected chi connectivity index (χ3v) is 4.28. The molecular weight excluding hydrogens is 266 g/mol. The van der Waals surface area contributed by atoms with Gasteiger partial charge in [-0.25, -0.2) is 4.68 Å². The molecule has 0 aliphatic heterocycles. The zero-order valence-electron chi connectivity index (χ0n) is 13.2. The lowest BCUT2D eigenvalue weighted by Crippen LogP contribution is -2.35. The number of hydrogen-bond acceptors (Lipinski definition) is 5. The van der Waals surface area contributed by atoms with E-state index < -0.39 is 0 Å². The van der Waals surface area contributed by atoms with Crippen molar-refractivity contribution in [2.45, 2.75) is 57.7 Å². The van der Waals surface area contributed by atoms with Crippen LogP contribution in [0.2, 0.25) is 0 Å². The fourth-order valence-corrected chi connectivity index (χ4v) is 3.01. The van der Waals surface area contributed by atoms with Gasteiger partial charge in [0.25, 0.3) is 0 Å². The van der Waals surface area contributed by atoms with Crippen LogP contribution < -0.4 is 5.32 Å². The van der Waals surface area contributed by atoms with E-state index in [1.807, 2.05) is 6.20 Å². The largest absolute Gasteiger partial charge is 0.394 e. The first kappa shape index (κ1) is 16.4. The van der Waals surface area contributed by atoms with Gasteiger partial charge in [0.05, 0.1) is 18.8 Å². The van der Waals surface area contributed by atoms with Crippen LogP contribution in [0.1, 0.15) is 44.2 Å². The van der Waals surface area contributed by atoms with Gasteiger partial charge in [-0.05, 0) is 39.4 Å². The minimum Gasteiger partial charge on any atom is -0.394 e. The second kappa shape index (κ2) is 9.12. The van der Waals surface area contributed by atoms with Crippen LogP contribution in [0.3, 0.4) is 0 Å². The predicted octanol–water partition coefficient (Wildman–Crippen LogP) is 1.01. The molecule has 1 fully saturated rings. The Morgan fingerprint density at radius 1 is 1.38 bits per heavy atom. The van der Waals surface area contributed by atoms with Crippen LogP contribution in [0.25, 0.3) is 0 Å². The average Bonchev–Trinajstić information content (AvgIpc) is 2.95. The van der Waals surface area contributed by atoms with E-state index in [1.165, 1.54) is 32.1 Å². The van der Waals surface area contributed by atoms with Gasteiger partial charge in [-0.1, -0.05) is 24.5 Å². The highest BCUT2D eigenvalue weighted by molar-refractivity contribution is 4.91. The molecule has 120 valence electrons. The number of aliphatic hydroxyl groups excluding tert-OH is 1. The van der Waals surface area contributed by atoms with Crippen molar-refractivity contribution >= 4 is 0 Å². The Kier molecular flexibility index (Phi) is 7.12. The van der Waals surface area contributed by atoms with Gasteiger partial charge in [0.15, 0.2) is 0 Å². The van der Waals surface area contributed by atoms with E-state index in [9.17, 15) is 0 Å². The van der Waals surface area contributed by atoms with Crippen LogP contribution in [0, 0.1) is 0 Å². The molecular formula is C15H29N5O. The quantitative estimate of drug-likeness (QED) is 0.666. The fourth-order valence-electron chi connectivity index (χ4n) is 3.01. The summed E-state index contributed by atoms with van der Waals surface area (Å²) in [4.78, 5) is 2.53. The van der Waals surface area contributed by atoms with Crippen LogP contribution in [0.15, 0.2) is 6.20 Å². The normalized spacial score (nSPS) is 16.7. The maximum absolute atomic E-state index is 8.83. The fraction of sp³-hybridized carbons (Fsp3) is 0.867. The van der Waals surface area contributed by atoms with Crippen LogP contribution in [-0.4, -0.2) is 57.8 Å². The molecule has 1 heterocycles. The summed E-state index contributed by atoms with van der Waals surface area (Å²) in [5.74, 6) is 0. The van der Waals surface area contributed by atoms with Crippen LogP contribution in [-0.2, 0) is 13.1 Å². The third kappa shape index (κ3) is 5.73. The monoisotopic (exact) mass is 295 g/mol. The first-order valence-electron chi connectivity index (χ1n) is 8.20. The molecule has 0 spiro atoms. The highest BCUT2D eigenvalue weighted by Crippen LogP contribution is 2.21. The van der Waals surface area contributed by atoms with Gasteiger partial charge in [-0.15, -0.1) is 5.10 Å². The van der Waals surface area contributed by atoms with Crippen molar-refractivity contribution in [3.8, 4) is 0 Å². The summed E-state index contributed by atoms with van der Waals surface area (Å²) in [5, 5.41) is 20.3. The Morgan fingerprint density at radius 2 is 2.19 bits per heavy atom. The smallest absolute Gasteiger partial charge is 0.0964 e. The Hall–Kier alpha value is -0.980. The minimum atomic E-state index is 0.101. The molecule has 0 aromatic carbocycles. The van der Waals surface area contributed by atoms with E-state index in [-0.39, 0.29) is 6.61 Å². The molecule has 6 heteroatoms. The zero-order valence-corrected chi connectivity index (χ0v) is 13.2. The van der Waals surface area contributed by atoms with E-state index in [0.29, 0.717) is 6.54 Å². The van der Waals surface area contributed by atoms with E-state index >= 15 is 0 Å². The summed E-state index contributed by atoms with van der Waals surface area (Å²) in [5.41, 5.74) is 0.934. The maximum Gasteiger partial charge on any atom is 0.0964 e. The van der Waals surface area contributed by atoms with Crippen molar-refractivity contribution < 1.29 is 5.11 Å². The number of rotatable bonds is 9. The first-order valence-corrected chi connectivity index (χ1v) is 8.20. The predicted molar refractivity (Wildman–Crippen MR) is 82.9 cm³/mol. The molecule has 6 nitrogen and oxygen atoms in total. The number of hydrogen-bond donors (Lipinski definition) is 2. The molecule has 0 unspecified atom stereocenters. The van der Waals surface area contributed by atoms with Gasteiger partial charge in [-0.2, -0.15) is 0 Å². The van der Waals surface area contributed by atoms with Gasteiger partial charge < -0.3 is 15.3 Å². The molecule has 1 saturated carbocycles. The lowest BCUT2D eigenvalue weighted by molar-refractivity contribution is 0.189. The van der Waals surface area contributed by atoms with Crippen molar-refractivity contribution in [1.82, 2.24) is 25.2 Å². The molecule has 0 radical (unpaired) electrons. The van der Waals surface area contributed by atoms with E-state index in [0.717, 1.165) is 37.8 Å². The summed E-state index contributed by atoms with van der Waals surface area (Å²) in [6, 6.07) is 0.803. The Balaban J connectivity index is 1.54. The lowest BCUT2D eigenvalue weighted by Gasteiger charge is -2.31. The molecule has 1 aliphatic carbocycles. The molecule has 2 N–H and O–H groups in total. The van der Waals surface area contributed by atoms with Crippen molar-refractivity contribution in [3.63, 3.8) is 0 Å². The Labute approximate surface area is 127 Å². The molecule has 1 aromatic rings. The average molecular weight is 295 g/mol. The number of aromatic nitrogens is 3. The van der Waals surface area contributed by atoms with Gasteiger partial charge >= 0.3 is 0 Å². The third-order valence-electron chi connectivity index (χ3n) is 4.28. The van der Waals surface area contributed by atoms with Gasteiger partial charge in [0.2, 0.25) is 0 Å². The molecule has 0 atom stereocenters. The Bertz CT molecular complexity index is 389. The SMILES string of the molecule is CN(CCCNCc1cn(CCO)nn1)C1CCCCC1. The van der Waals surface area contributed by atoms with Crippen LogP contribution in [0.5, 0.6) is 0 Å². The van der Waals surface area contributed by atoms with E-state index in [1.54, 1.807) is 4.68 Å². The first-order chi connectivity index (χ1) is 10.3. The summed E-state index contributed by atoms with van der Waals surface area (Å²) in [6.07, 6.45) is 10.0. The molecule has 0 amide bonds. The van der Waals surface area contributed by atoms with Gasteiger partial charge in [0.1, 0.15) is 0 Å². The van der Waals surface area contributed by atoms with Crippen LogP contribution >= 0.6 is 0 Å². The van der Waals surface area contributed by atoms with Crippen LogP contribution in [0.4, 0.5) is 0 Å². The standard InChI is InChI=1S/C15H29N5O/c1-19(15-6-3-2-4-7-15)9-5-8-16-12-14-13-20(10-11-21)18-17-14/h13,15-16,21H,2-12H2,1H3. The van der Waals surface area contributed by atoms with Crippen molar-refractivity contribution in [1.29, 1.82) is 0 Å². The number of nitrogens with one attached hydrogen (secondary N) is 1. The summed E-state index contributed by atoms with van der Waals surface area (Å²) in [6.45, 7) is 3.53. The summed E-state index contributed by atoms with van der Waals surface area (Å²) < 4.78 is 1.67. The lowest BCUT2D eigenvalue weighted by atomic mass is 9.94. The maximum atomic E-state index is 8.83. The topological polar surface area (TPSA) is 66.2 Å². The highest BCUT2D eigenvalue weighted by Gasteiger charge is 2.17. The molecule has 1 aliphatic rings. The van der Waals surface area contributed by atoms with Gasteiger partial charge in [0, 0.05) is 18.8 Å². The summed E-state index contributed by atoms with van der Waals surface area (Å²) in [7, 11) is 2.26. The van der Waals surface area contributed by atoms with Crippen molar-refractivity contribution in [2.24, 2.45) is 0 Å². The molecule has 1 aromatic heterocycles. The minimum absolute atomic E-state index is 0.101. The highest BCUT2D eigenvalue weighted by atomic mass is 16.3. The second-order valence-electron chi connectivity index (χ2n) is 6.00. The van der Waals surface area contributed by atoms with Crippen molar-refractivity contribution in [3.05, 3.63) is 11.9 Å². The Morgan fingerprint density at radius 3 is 2.95 bits per heavy atom. The molecule has 0 bridgehead atoms. The second-order valence-corrected chi connectivity index (χ2v) is 6.00. The molecule has 0 saturated heterocycles. The summed E-state index contributed by atoms with van der Waals surface area (Å²) >= 11 is 0. The number of aliphatic hydroxyl groups is 1. The van der Waals surface area contributed by atoms with Crippen molar-refractivity contribution in [2.75, 3.05) is 26.7 Å². The molecule has 2 rings (SSSR count). The van der Waals surface area contributed by atoms with E-state index in [2.05, 4.69) is 27.6 Å².